The number of thiazole rings is 1. The summed E-state index contributed by atoms with van der Waals surface area (Å²) >= 11 is 8.33. The van der Waals surface area contributed by atoms with Crippen LogP contribution in [0.25, 0.3) is 11.3 Å². The van der Waals surface area contributed by atoms with E-state index >= 15 is 0 Å². The highest BCUT2D eigenvalue weighted by molar-refractivity contribution is 9.11. The van der Waals surface area contributed by atoms with Crippen molar-refractivity contribution in [1.29, 1.82) is 0 Å². The third kappa shape index (κ3) is 1.98. The second kappa shape index (κ2) is 3.86. The molecule has 0 spiro atoms. The van der Waals surface area contributed by atoms with Gasteiger partial charge in [0.2, 0.25) is 0 Å². The van der Waals surface area contributed by atoms with Crippen LogP contribution in [-0.4, -0.2) is 9.97 Å². The average Bonchev–Trinajstić information content (AvgIpc) is 2.53. The zero-order valence-electron chi connectivity index (χ0n) is 6.37. The van der Waals surface area contributed by atoms with E-state index in [2.05, 4.69) is 41.8 Å². The molecule has 13 heavy (non-hydrogen) atoms. The smallest absolute Gasteiger partial charge is 0.159 e. The van der Waals surface area contributed by atoms with Gasteiger partial charge in [-0.1, -0.05) is 0 Å². The van der Waals surface area contributed by atoms with E-state index in [9.17, 15) is 0 Å². The Morgan fingerprint density at radius 1 is 1.31 bits per heavy atom. The van der Waals surface area contributed by atoms with Gasteiger partial charge in [-0.2, -0.15) is 0 Å². The van der Waals surface area contributed by atoms with E-state index in [1.165, 1.54) is 0 Å². The molecule has 0 unspecified atom stereocenters. The van der Waals surface area contributed by atoms with Crippen molar-refractivity contribution in [2.75, 3.05) is 0 Å². The number of aromatic nitrogens is 2. The number of hydrogen-bond acceptors (Lipinski definition) is 3. The van der Waals surface area contributed by atoms with Gasteiger partial charge in [0.1, 0.15) is 0 Å². The molecule has 5 heteroatoms. The maximum Gasteiger partial charge on any atom is 0.159 e. The fourth-order valence-corrected chi connectivity index (χ4v) is 2.42. The second-order valence-corrected chi connectivity index (χ2v) is 5.33. The van der Waals surface area contributed by atoms with Gasteiger partial charge in [0.05, 0.1) is 5.69 Å². The van der Waals surface area contributed by atoms with Gasteiger partial charge in [0.25, 0.3) is 0 Å². The lowest BCUT2D eigenvalue weighted by Gasteiger charge is -1.97. The highest BCUT2D eigenvalue weighted by Gasteiger charge is 2.05. The molecule has 0 radical (unpaired) electrons. The highest BCUT2D eigenvalue weighted by Crippen LogP contribution is 2.29. The summed E-state index contributed by atoms with van der Waals surface area (Å²) in [6, 6.07) is 1.94. The lowest BCUT2D eigenvalue weighted by molar-refractivity contribution is 1.29. The molecule has 2 rings (SSSR count). The Bertz CT molecular complexity index is 428. The Labute approximate surface area is 96.3 Å². The van der Waals surface area contributed by atoms with Crippen LogP contribution in [0, 0.1) is 0 Å². The number of rotatable bonds is 1. The van der Waals surface area contributed by atoms with Crippen molar-refractivity contribution in [2.24, 2.45) is 0 Å². The second-order valence-electron chi connectivity index (χ2n) is 2.34. The minimum atomic E-state index is 0.895. The van der Waals surface area contributed by atoms with Crippen LogP contribution >= 0.6 is 43.2 Å². The molecular formula is C8H4Br2N2S. The van der Waals surface area contributed by atoms with E-state index in [0.717, 1.165) is 19.6 Å². The van der Waals surface area contributed by atoms with Crippen molar-refractivity contribution in [1.82, 2.24) is 9.97 Å². The predicted octanol–water partition coefficient (Wildman–Crippen LogP) is 3.73. The fraction of sp³-hybridized carbons (Fsp3) is 0. The Hall–Kier alpha value is -0.260. The zero-order valence-corrected chi connectivity index (χ0v) is 10.4. The normalized spacial score (nSPS) is 10.3. The molecule has 2 aromatic heterocycles. The van der Waals surface area contributed by atoms with Crippen molar-refractivity contribution < 1.29 is 0 Å². The van der Waals surface area contributed by atoms with Crippen LogP contribution in [0.15, 0.2) is 32.2 Å². The van der Waals surface area contributed by atoms with Crippen molar-refractivity contribution >= 4 is 43.2 Å². The highest BCUT2D eigenvalue weighted by atomic mass is 79.9. The maximum atomic E-state index is 4.32. The summed E-state index contributed by atoms with van der Waals surface area (Å²) < 4.78 is 1.86. The van der Waals surface area contributed by atoms with Crippen LogP contribution in [0.4, 0.5) is 0 Å². The summed E-state index contributed by atoms with van der Waals surface area (Å²) in [6.45, 7) is 0. The van der Waals surface area contributed by atoms with E-state index in [-0.39, 0.29) is 0 Å². The summed E-state index contributed by atoms with van der Waals surface area (Å²) in [5, 5.41) is 2.00. The molecule has 0 N–H and O–H groups in total. The largest absolute Gasteiger partial charge is 0.264 e. The Kier molecular flexibility index (Phi) is 2.76. The SMILES string of the molecule is Brc1nc(-c2ccncc2Br)cs1. The molecule has 0 aliphatic rings. The number of nitrogens with zero attached hydrogens (tertiary/aromatic N) is 2. The lowest BCUT2D eigenvalue weighted by Crippen LogP contribution is -1.80. The first-order valence-corrected chi connectivity index (χ1v) is 5.95. The number of halogens is 2. The average molecular weight is 320 g/mol. The van der Waals surface area contributed by atoms with Gasteiger partial charge in [-0.05, 0) is 37.9 Å². The van der Waals surface area contributed by atoms with Gasteiger partial charge in [-0.25, -0.2) is 4.98 Å². The Morgan fingerprint density at radius 3 is 2.77 bits per heavy atom. The molecule has 66 valence electrons. The minimum absolute atomic E-state index is 0.895. The first-order chi connectivity index (χ1) is 6.27. The molecule has 2 heterocycles. The standard InChI is InChI=1S/C8H4Br2N2S/c9-6-3-11-2-1-5(6)7-4-13-8(10)12-7/h1-4H. The summed E-state index contributed by atoms with van der Waals surface area (Å²) in [7, 11) is 0. The van der Waals surface area contributed by atoms with Crippen LogP contribution in [0.5, 0.6) is 0 Å². The summed E-state index contributed by atoms with van der Waals surface area (Å²) in [5.74, 6) is 0. The van der Waals surface area contributed by atoms with Gasteiger partial charge in [0.15, 0.2) is 3.92 Å². The molecule has 0 atom stereocenters. The summed E-state index contributed by atoms with van der Waals surface area (Å²) in [6.07, 6.45) is 3.52. The molecule has 0 saturated carbocycles. The molecule has 0 fully saturated rings. The van der Waals surface area contributed by atoms with E-state index in [4.69, 9.17) is 0 Å². The van der Waals surface area contributed by atoms with Crippen molar-refractivity contribution in [3.63, 3.8) is 0 Å². The monoisotopic (exact) mass is 318 g/mol. The summed E-state index contributed by atoms with van der Waals surface area (Å²) in [5.41, 5.74) is 2.03. The van der Waals surface area contributed by atoms with E-state index in [0.29, 0.717) is 0 Å². The molecule has 0 saturated heterocycles. The molecule has 0 aliphatic heterocycles. The van der Waals surface area contributed by atoms with Crippen molar-refractivity contribution in [3.05, 3.63) is 32.2 Å². The molecular weight excluding hydrogens is 316 g/mol. The first kappa shape index (κ1) is 9.30. The molecule has 0 aromatic carbocycles. The topological polar surface area (TPSA) is 25.8 Å². The van der Waals surface area contributed by atoms with Crippen LogP contribution in [0.3, 0.4) is 0 Å². The maximum absolute atomic E-state index is 4.32. The summed E-state index contributed by atoms with van der Waals surface area (Å²) in [4.78, 5) is 8.31. The van der Waals surface area contributed by atoms with E-state index in [1.54, 1.807) is 23.7 Å². The Morgan fingerprint density at radius 2 is 2.15 bits per heavy atom. The van der Waals surface area contributed by atoms with Crippen LogP contribution in [-0.2, 0) is 0 Å². The number of pyridine rings is 1. The fourth-order valence-electron chi connectivity index (χ4n) is 0.958. The predicted molar refractivity (Wildman–Crippen MR) is 60.7 cm³/mol. The van der Waals surface area contributed by atoms with E-state index < -0.39 is 0 Å². The van der Waals surface area contributed by atoms with Gasteiger partial charge in [0, 0.05) is 27.8 Å². The van der Waals surface area contributed by atoms with Gasteiger partial charge >= 0.3 is 0 Å². The van der Waals surface area contributed by atoms with Crippen molar-refractivity contribution in [3.8, 4) is 11.3 Å². The van der Waals surface area contributed by atoms with Gasteiger partial charge < -0.3 is 0 Å². The quantitative estimate of drug-likeness (QED) is 0.800. The van der Waals surface area contributed by atoms with Crippen molar-refractivity contribution in [2.45, 2.75) is 0 Å². The molecule has 0 amide bonds. The zero-order chi connectivity index (χ0) is 9.26. The number of hydrogen-bond donors (Lipinski definition) is 0. The first-order valence-electron chi connectivity index (χ1n) is 3.48. The third-order valence-corrected chi connectivity index (χ3v) is 3.52. The van der Waals surface area contributed by atoms with Crippen LogP contribution < -0.4 is 0 Å². The molecule has 0 aliphatic carbocycles. The Balaban J connectivity index is 2.52. The van der Waals surface area contributed by atoms with Gasteiger partial charge in [-0.15, -0.1) is 11.3 Å². The molecule has 2 aromatic rings. The minimum Gasteiger partial charge on any atom is -0.264 e. The molecule has 2 nitrogen and oxygen atoms in total. The molecule has 0 bridgehead atoms. The van der Waals surface area contributed by atoms with Crippen LogP contribution in [0.1, 0.15) is 0 Å². The van der Waals surface area contributed by atoms with E-state index in [1.807, 2.05) is 11.4 Å². The van der Waals surface area contributed by atoms with Crippen LogP contribution in [0.2, 0.25) is 0 Å². The van der Waals surface area contributed by atoms with Gasteiger partial charge in [-0.3, -0.25) is 4.98 Å². The third-order valence-electron chi connectivity index (χ3n) is 1.52. The lowest BCUT2D eigenvalue weighted by atomic mass is 10.2.